The molecule has 3 N–H and O–H groups in total. The highest BCUT2D eigenvalue weighted by Gasteiger charge is 2.26. The van der Waals surface area contributed by atoms with Crippen LogP contribution in [0.1, 0.15) is 12.8 Å². The summed E-state index contributed by atoms with van der Waals surface area (Å²) in [6.07, 6.45) is 4.85. The monoisotopic (exact) mass is 398 g/mol. The van der Waals surface area contributed by atoms with E-state index >= 15 is 0 Å². The van der Waals surface area contributed by atoms with Crippen molar-refractivity contribution in [3.8, 4) is 22.4 Å². The Bertz CT molecular complexity index is 1110. The van der Waals surface area contributed by atoms with Gasteiger partial charge < -0.3 is 5.73 Å². The number of nitrogen functional groups attached to an aromatic ring is 1. The van der Waals surface area contributed by atoms with Gasteiger partial charge in [-0.1, -0.05) is 24.3 Å². The zero-order chi connectivity index (χ0) is 19.7. The second kappa shape index (κ2) is 7.29. The van der Waals surface area contributed by atoms with Gasteiger partial charge in [-0.3, -0.25) is 4.98 Å². The molecule has 8 heteroatoms. The molecule has 0 aliphatic heterocycles. The SMILES string of the molecule is Nc1cnc(-c2ccc(-c3ccccc3S(=O)(=O)NCC3CC3)cc2F)cn1. The number of sulfonamides is 1. The van der Waals surface area contributed by atoms with Crippen molar-refractivity contribution in [3.63, 3.8) is 0 Å². The Kier molecular flexibility index (Phi) is 4.82. The van der Waals surface area contributed by atoms with Crippen molar-refractivity contribution < 1.29 is 12.8 Å². The molecule has 0 radical (unpaired) electrons. The first-order chi connectivity index (χ1) is 13.4. The number of nitrogens with two attached hydrogens (primary N) is 1. The fourth-order valence-electron chi connectivity index (χ4n) is 2.93. The van der Waals surface area contributed by atoms with Gasteiger partial charge in [0.25, 0.3) is 0 Å². The van der Waals surface area contributed by atoms with Crippen molar-refractivity contribution in [1.29, 1.82) is 0 Å². The molecule has 3 aromatic rings. The molecule has 0 atom stereocenters. The summed E-state index contributed by atoms with van der Waals surface area (Å²) in [5.41, 5.74) is 7.05. The maximum absolute atomic E-state index is 14.7. The minimum absolute atomic E-state index is 0.134. The average molecular weight is 398 g/mol. The Hall–Kier alpha value is -2.84. The van der Waals surface area contributed by atoms with E-state index < -0.39 is 15.8 Å². The van der Waals surface area contributed by atoms with Crippen LogP contribution in [0, 0.1) is 11.7 Å². The van der Waals surface area contributed by atoms with Crippen molar-refractivity contribution in [2.24, 2.45) is 5.92 Å². The lowest BCUT2D eigenvalue weighted by Gasteiger charge is -2.12. The molecule has 1 aliphatic carbocycles. The molecule has 2 aromatic carbocycles. The lowest BCUT2D eigenvalue weighted by molar-refractivity contribution is 0.577. The molecule has 144 valence electrons. The van der Waals surface area contributed by atoms with Gasteiger partial charge in [-0.25, -0.2) is 22.5 Å². The summed E-state index contributed by atoms with van der Waals surface area (Å²) >= 11 is 0. The first kappa shape index (κ1) is 18.5. The second-order valence-electron chi connectivity index (χ2n) is 6.81. The predicted octanol–water partition coefficient (Wildman–Crippen LogP) is 3.22. The van der Waals surface area contributed by atoms with E-state index in [2.05, 4.69) is 14.7 Å². The van der Waals surface area contributed by atoms with Gasteiger partial charge in [-0.15, -0.1) is 0 Å². The smallest absolute Gasteiger partial charge is 0.241 e. The van der Waals surface area contributed by atoms with Gasteiger partial charge in [0.1, 0.15) is 11.6 Å². The van der Waals surface area contributed by atoms with Crippen LogP contribution in [0.4, 0.5) is 10.2 Å². The third-order valence-corrected chi connectivity index (χ3v) is 6.15. The number of benzene rings is 2. The highest BCUT2D eigenvalue weighted by Crippen LogP contribution is 2.32. The molecule has 4 rings (SSSR count). The number of nitrogens with one attached hydrogen (secondary N) is 1. The Morgan fingerprint density at radius 2 is 1.86 bits per heavy atom. The lowest BCUT2D eigenvalue weighted by atomic mass is 10.0. The number of hydrogen-bond acceptors (Lipinski definition) is 5. The van der Waals surface area contributed by atoms with E-state index in [-0.39, 0.29) is 16.3 Å². The average Bonchev–Trinajstić information content (AvgIpc) is 3.52. The molecule has 0 bridgehead atoms. The minimum atomic E-state index is -3.68. The van der Waals surface area contributed by atoms with Crippen molar-refractivity contribution >= 4 is 15.8 Å². The van der Waals surface area contributed by atoms with Crippen LogP contribution >= 0.6 is 0 Å². The summed E-state index contributed by atoms with van der Waals surface area (Å²) in [6.45, 7) is 0.430. The van der Waals surface area contributed by atoms with Crippen LogP contribution in [0.15, 0.2) is 59.8 Å². The summed E-state index contributed by atoms with van der Waals surface area (Å²) in [6, 6.07) is 11.1. The second-order valence-corrected chi connectivity index (χ2v) is 8.55. The van der Waals surface area contributed by atoms with Gasteiger partial charge in [0, 0.05) is 17.7 Å². The third-order valence-electron chi connectivity index (χ3n) is 4.66. The van der Waals surface area contributed by atoms with Crippen LogP contribution in [-0.4, -0.2) is 24.9 Å². The molecule has 1 saturated carbocycles. The van der Waals surface area contributed by atoms with Gasteiger partial charge in [0.05, 0.1) is 23.0 Å². The molecule has 1 fully saturated rings. The molecule has 28 heavy (non-hydrogen) atoms. The molecule has 1 aromatic heterocycles. The van der Waals surface area contributed by atoms with Gasteiger partial charge in [0.2, 0.25) is 10.0 Å². The van der Waals surface area contributed by atoms with Gasteiger partial charge in [0.15, 0.2) is 0 Å². The van der Waals surface area contributed by atoms with E-state index in [1.54, 1.807) is 30.3 Å². The van der Waals surface area contributed by atoms with Crippen molar-refractivity contribution in [2.45, 2.75) is 17.7 Å². The molecule has 1 heterocycles. The zero-order valence-corrected chi connectivity index (χ0v) is 15.8. The minimum Gasteiger partial charge on any atom is -0.382 e. The molecule has 6 nitrogen and oxygen atoms in total. The number of anilines is 1. The Morgan fingerprint density at radius 3 is 2.54 bits per heavy atom. The Morgan fingerprint density at radius 1 is 1.07 bits per heavy atom. The van der Waals surface area contributed by atoms with E-state index in [9.17, 15) is 12.8 Å². The maximum atomic E-state index is 14.7. The first-order valence-electron chi connectivity index (χ1n) is 8.90. The van der Waals surface area contributed by atoms with Crippen molar-refractivity contribution in [3.05, 3.63) is 60.7 Å². The molecular formula is C20H19FN4O2S. The fourth-order valence-corrected chi connectivity index (χ4v) is 4.28. The Balaban J connectivity index is 1.69. The van der Waals surface area contributed by atoms with Crippen LogP contribution in [0.2, 0.25) is 0 Å². The summed E-state index contributed by atoms with van der Waals surface area (Å²) < 4.78 is 42.9. The van der Waals surface area contributed by atoms with Crippen molar-refractivity contribution in [2.75, 3.05) is 12.3 Å². The zero-order valence-electron chi connectivity index (χ0n) is 15.0. The van der Waals surface area contributed by atoms with Crippen molar-refractivity contribution in [1.82, 2.24) is 14.7 Å². The molecule has 0 amide bonds. The van der Waals surface area contributed by atoms with Crippen LogP contribution in [0.25, 0.3) is 22.4 Å². The van der Waals surface area contributed by atoms with Gasteiger partial charge >= 0.3 is 0 Å². The molecule has 1 aliphatic rings. The van der Waals surface area contributed by atoms with Crippen LogP contribution < -0.4 is 10.5 Å². The maximum Gasteiger partial charge on any atom is 0.241 e. The Labute approximate surface area is 162 Å². The lowest BCUT2D eigenvalue weighted by Crippen LogP contribution is -2.26. The van der Waals surface area contributed by atoms with E-state index in [0.29, 0.717) is 29.3 Å². The van der Waals surface area contributed by atoms with Crippen LogP contribution in [-0.2, 0) is 10.0 Å². The topological polar surface area (TPSA) is 98.0 Å². The standard InChI is InChI=1S/C20H19FN4O2S/c21-17-9-14(7-8-16(17)18-11-24-20(22)12-23-18)15-3-1-2-4-19(15)28(26,27)25-10-13-5-6-13/h1-4,7-9,11-13,25H,5-6,10H2,(H2,22,24). The van der Waals surface area contributed by atoms with E-state index in [0.717, 1.165) is 12.8 Å². The molecule has 0 spiro atoms. The third kappa shape index (κ3) is 3.88. The molecule has 0 unspecified atom stereocenters. The van der Waals surface area contributed by atoms with Crippen LogP contribution in [0.5, 0.6) is 0 Å². The largest absolute Gasteiger partial charge is 0.382 e. The molecule has 0 saturated heterocycles. The van der Waals surface area contributed by atoms with E-state index in [1.165, 1.54) is 24.5 Å². The summed E-state index contributed by atoms with van der Waals surface area (Å²) in [4.78, 5) is 8.14. The summed E-state index contributed by atoms with van der Waals surface area (Å²) in [5.74, 6) is 0.146. The van der Waals surface area contributed by atoms with Gasteiger partial charge in [-0.2, -0.15) is 0 Å². The number of nitrogens with zero attached hydrogens (tertiary/aromatic N) is 2. The van der Waals surface area contributed by atoms with Crippen LogP contribution in [0.3, 0.4) is 0 Å². The summed E-state index contributed by atoms with van der Waals surface area (Å²) in [7, 11) is -3.68. The summed E-state index contributed by atoms with van der Waals surface area (Å²) in [5, 5.41) is 0. The molecular weight excluding hydrogens is 379 g/mol. The number of halogens is 1. The highest BCUT2D eigenvalue weighted by molar-refractivity contribution is 7.89. The quantitative estimate of drug-likeness (QED) is 0.664. The van der Waals surface area contributed by atoms with E-state index in [4.69, 9.17) is 5.73 Å². The van der Waals surface area contributed by atoms with E-state index in [1.807, 2.05) is 0 Å². The highest BCUT2D eigenvalue weighted by atomic mass is 32.2. The number of aromatic nitrogens is 2. The van der Waals surface area contributed by atoms with Gasteiger partial charge in [-0.05, 0) is 42.5 Å². The number of rotatable bonds is 6. The predicted molar refractivity (Wildman–Crippen MR) is 105 cm³/mol. The first-order valence-corrected chi connectivity index (χ1v) is 10.4. The number of hydrogen-bond donors (Lipinski definition) is 2. The fraction of sp³-hybridized carbons (Fsp3) is 0.200. The normalized spacial score (nSPS) is 14.2.